The van der Waals surface area contributed by atoms with Gasteiger partial charge in [-0.15, -0.1) is 0 Å². The van der Waals surface area contributed by atoms with E-state index in [1.54, 1.807) is 37.6 Å². The number of hydrogen-bond donors (Lipinski definition) is 1. The Morgan fingerprint density at radius 1 is 0.925 bits per heavy atom. The minimum Gasteiger partial charge on any atom is -0.493 e. The van der Waals surface area contributed by atoms with Crippen LogP contribution in [-0.2, 0) is 6.61 Å². The minimum absolute atomic E-state index is 0.0187. The van der Waals surface area contributed by atoms with Gasteiger partial charge in [-0.05, 0) is 67.9 Å². The zero-order chi connectivity index (χ0) is 27.7. The maximum Gasteiger partial charge on any atom is 0.269 e. The summed E-state index contributed by atoms with van der Waals surface area (Å²) in [4.78, 5) is 29.3. The van der Waals surface area contributed by atoms with Crippen molar-refractivity contribution in [1.82, 2.24) is 15.0 Å². The number of nitro groups is 1. The van der Waals surface area contributed by atoms with Crippen LogP contribution < -0.4 is 24.7 Å². The van der Waals surface area contributed by atoms with E-state index in [1.807, 2.05) is 6.07 Å². The zero-order valence-corrected chi connectivity index (χ0v) is 22.7. The second-order valence-corrected chi connectivity index (χ2v) is 9.85. The second kappa shape index (κ2) is 13.0. The molecule has 0 radical (unpaired) electrons. The fourth-order valence-electron chi connectivity index (χ4n) is 4.85. The van der Waals surface area contributed by atoms with Gasteiger partial charge >= 0.3 is 0 Å². The highest BCUT2D eigenvalue weighted by molar-refractivity contribution is 5.81. The number of hydrazone groups is 1. The van der Waals surface area contributed by atoms with E-state index in [0.29, 0.717) is 34.9 Å². The van der Waals surface area contributed by atoms with Gasteiger partial charge in [-0.3, -0.25) is 10.1 Å². The molecule has 3 heterocycles. The summed E-state index contributed by atoms with van der Waals surface area (Å²) in [5, 5.41) is 15.5. The van der Waals surface area contributed by atoms with Crippen LogP contribution in [0.2, 0.25) is 0 Å². The summed E-state index contributed by atoms with van der Waals surface area (Å²) in [6, 6.07) is 11.8. The Morgan fingerprint density at radius 2 is 1.60 bits per heavy atom. The van der Waals surface area contributed by atoms with Crippen LogP contribution in [-0.4, -0.2) is 59.4 Å². The number of methoxy groups -OCH3 is 1. The topological polar surface area (TPSA) is 131 Å². The Hall–Kier alpha value is -4.48. The predicted octanol–water partition coefficient (Wildman–Crippen LogP) is 4.79. The van der Waals surface area contributed by atoms with Crippen molar-refractivity contribution < 1.29 is 14.4 Å². The molecular weight excluding hydrogens is 512 g/mol. The van der Waals surface area contributed by atoms with Crippen LogP contribution in [0.4, 0.5) is 23.5 Å². The van der Waals surface area contributed by atoms with Crippen molar-refractivity contribution >= 4 is 29.7 Å². The molecule has 2 saturated heterocycles. The zero-order valence-electron chi connectivity index (χ0n) is 22.7. The van der Waals surface area contributed by atoms with E-state index < -0.39 is 4.92 Å². The average molecular weight is 547 g/mol. The van der Waals surface area contributed by atoms with Crippen molar-refractivity contribution in [2.24, 2.45) is 5.10 Å². The molecule has 0 unspecified atom stereocenters. The first kappa shape index (κ1) is 27.1. The van der Waals surface area contributed by atoms with Gasteiger partial charge in [-0.25, -0.2) is 5.43 Å². The molecule has 0 saturated carbocycles. The first-order valence-electron chi connectivity index (χ1n) is 13.7. The van der Waals surface area contributed by atoms with Crippen LogP contribution in [0.3, 0.4) is 0 Å². The number of piperidine rings is 2. The van der Waals surface area contributed by atoms with Crippen LogP contribution in [0.1, 0.15) is 49.7 Å². The molecular formula is C28H34N8O4. The molecule has 40 heavy (non-hydrogen) atoms. The molecule has 2 fully saturated rings. The highest BCUT2D eigenvalue weighted by atomic mass is 16.6. The number of ether oxygens (including phenoxy) is 2. The van der Waals surface area contributed by atoms with Crippen molar-refractivity contribution in [3.05, 3.63) is 63.7 Å². The quantitative estimate of drug-likeness (QED) is 0.215. The van der Waals surface area contributed by atoms with Crippen LogP contribution in [0.5, 0.6) is 11.5 Å². The van der Waals surface area contributed by atoms with Gasteiger partial charge < -0.3 is 19.3 Å². The number of hydrogen-bond acceptors (Lipinski definition) is 11. The summed E-state index contributed by atoms with van der Waals surface area (Å²) in [6.07, 6.45) is 8.65. The molecule has 3 aromatic rings. The monoisotopic (exact) mass is 546 g/mol. The van der Waals surface area contributed by atoms with Gasteiger partial charge in [0.1, 0.15) is 6.61 Å². The molecule has 12 nitrogen and oxygen atoms in total. The standard InChI is InChI=1S/C28H34N8O4/c1-39-24-12-11-21(18-25(24)40-20-22-9-8-10-23(17-22)36(37)38)19-29-33-26-30-27(34-13-4-2-5-14-34)32-28(31-26)35-15-6-3-7-16-35/h8-12,17-19H,2-7,13-16,20H2,1H3,(H,30,31,32,33). The summed E-state index contributed by atoms with van der Waals surface area (Å²) in [5.74, 6) is 2.83. The van der Waals surface area contributed by atoms with E-state index in [0.717, 1.165) is 57.4 Å². The molecule has 0 amide bonds. The number of benzene rings is 2. The predicted molar refractivity (Wildman–Crippen MR) is 154 cm³/mol. The lowest BCUT2D eigenvalue weighted by molar-refractivity contribution is -0.384. The number of nitrogens with one attached hydrogen (secondary N) is 1. The van der Waals surface area contributed by atoms with Crippen LogP contribution in [0.15, 0.2) is 47.6 Å². The molecule has 0 bridgehead atoms. The molecule has 1 N–H and O–H groups in total. The Balaban J connectivity index is 1.30. The SMILES string of the molecule is COc1ccc(C=NNc2nc(N3CCCCC3)nc(N3CCCCC3)n2)cc1OCc1cccc([N+](=O)[O-])c1. The normalized spacial score (nSPS) is 15.7. The lowest BCUT2D eigenvalue weighted by Gasteiger charge is -2.30. The second-order valence-electron chi connectivity index (χ2n) is 9.85. The molecule has 2 aliphatic rings. The van der Waals surface area contributed by atoms with Gasteiger partial charge in [0, 0.05) is 38.3 Å². The van der Waals surface area contributed by atoms with Gasteiger partial charge in [0.25, 0.3) is 5.69 Å². The largest absolute Gasteiger partial charge is 0.493 e. The Morgan fingerprint density at radius 3 is 2.23 bits per heavy atom. The molecule has 2 aromatic carbocycles. The maximum atomic E-state index is 11.1. The Bertz CT molecular complexity index is 1300. The number of anilines is 3. The molecule has 1 aromatic heterocycles. The van der Waals surface area contributed by atoms with E-state index in [4.69, 9.17) is 14.5 Å². The summed E-state index contributed by atoms with van der Waals surface area (Å²) in [7, 11) is 1.56. The first-order valence-corrected chi connectivity index (χ1v) is 13.7. The van der Waals surface area contributed by atoms with Crippen LogP contribution in [0, 0.1) is 10.1 Å². The van der Waals surface area contributed by atoms with Crippen molar-refractivity contribution in [3.8, 4) is 11.5 Å². The van der Waals surface area contributed by atoms with Crippen LogP contribution in [0.25, 0.3) is 0 Å². The fraction of sp³-hybridized carbons (Fsp3) is 0.429. The van der Waals surface area contributed by atoms with Gasteiger partial charge in [0.15, 0.2) is 11.5 Å². The highest BCUT2D eigenvalue weighted by Crippen LogP contribution is 2.29. The van der Waals surface area contributed by atoms with Crippen molar-refractivity contribution in [2.45, 2.75) is 45.1 Å². The third-order valence-corrected chi connectivity index (χ3v) is 6.97. The van der Waals surface area contributed by atoms with Crippen LogP contribution >= 0.6 is 0 Å². The van der Waals surface area contributed by atoms with Crippen molar-refractivity contribution in [2.75, 3.05) is 48.5 Å². The third kappa shape index (κ3) is 6.93. The first-order chi connectivity index (χ1) is 19.6. The van der Waals surface area contributed by atoms with Gasteiger partial charge in [0.2, 0.25) is 17.8 Å². The fourth-order valence-corrected chi connectivity index (χ4v) is 4.85. The molecule has 210 valence electrons. The smallest absolute Gasteiger partial charge is 0.269 e. The summed E-state index contributed by atoms with van der Waals surface area (Å²) >= 11 is 0. The Labute approximate surface area is 233 Å². The summed E-state index contributed by atoms with van der Waals surface area (Å²) in [6.45, 7) is 3.92. The number of aromatic nitrogens is 3. The number of nitrogens with zero attached hydrogens (tertiary/aromatic N) is 7. The summed E-state index contributed by atoms with van der Waals surface area (Å²) < 4.78 is 11.4. The lowest BCUT2D eigenvalue weighted by atomic mass is 10.1. The third-order valence-electron chi connectivity index (χ3n) is 6.97. The lowest BCUT2D eigenvalue weighted by Crippen LogP contribution is -2.34. The molecule has 0 atom stereocenters. The van der Waals surface area contributed by atoms with Crippen molar-refractivity contribution in [1.29, 1.82) is 0 Å². The molecule has 12 heteroatoms. The van der Waals surface area contributed by atoms with E-state index in [-0.39, 0.29) is 12.3 Å². The molecule has 0 aliphatic carbocycles. The van der Waals surface area contributed by atoms with Crippen molar-refractivity contribution in [3.63, 3.8) is 0 Å². The number of nitro benzene ring substituents is 1. The van der Waals surface area contributed by atoms with E-state index in [1.165, 1.54) is 25.0 Å². The molecule has 0 spiro atoms. The van der Waals surface area contributed by atoms with Gasteiger partial charge in [0.05, 0.1) is 18.2 Å². The van der Waals surface area contributed by atoms with E-state index in [9.17, 15) is 10.1 Å². The molecule has 2 aliphatic heterocycles. The number of non-ortho nitro benzene ring substituents is 1. The number of rotatable bonds is 10. The van der Waals surface area contributed by atoms with E-state index in [2.05, 4.69) is 30.3 Å². The van der Waals surface area contributed by atoms with Gasteiger partial charge in [-0.2, -0.15) is 20.1 Å². The van der Waals surface area contributed by atoms with E-state index >= 15 is 0 Å². The average Bonchev–Trinajstić information content (AvgIpc) is 3.01. The highest BCUT2D eigenvalue weighted by Gasteiger charge is 2.20. The molecule has 5 rings (SSSR count). The minimum atomic E-state index is -0.425. The Kier molecular flexibility index (Phi) is 8.84. The maximum absolute atomic E-state index is 11.1. The van der Waals surface area contributed by atoms with Gasteiger partial charge in [-0.1, -0.05) is 12.1 Å². The summed E-state index contributed by atoms with van der Waals surface area (Å²) in [5.41, 5.74) is 4.46.